The summed E-state index contributed by atoms with van der Waals surface area (Å²) in [5.74, 6) is 0.574. The van der Waals surface area contributed by atoms with Crippen molar-refractivity contribution in [3.8, 4) is 22.5 Å². The number of benzene rings is 3. The first-order chi connectivity index (χ1) is 17.2. The van der Waals surface area contributed by atoms with Crippen molar-refractivity contribution in [2.45, 2.75) is 11.7 Å². The van der Waals surface area contributed by atoms with E-state index < -0.39 is 5.82 Å². The molecule has 3 aromatic carbocycles. The highest BCUT2D eigenvalue weighted by atomic mass is 32.2. The van der Waals surface area contributed by atoms with Crippen LogP contribution in [0.3, 0.4) is 0 Å². The molecule has 1 N–H and O–H groups in total. The van der Waals surface area contributed by atoms with Crippen molar-refractivity contribution in [2.75, 3.05) is 11.1 Å². The Morgan fingerprint density at radius 3 is 2.40 bits per heavy atom. The van der Waals surface area contributed by atoms with E-state index in [9.17, 15) is 9.18 Å². The summed E-state index contributed by atoms with van der Waals surface area (Å²) in [6, 6.07) is 27.6. The van der Waals surface area contributed by atoms with Crippen LogP contribution in [-0.4, -0.2) is 26.4 Å². The van der Waals surface area contributed by atoms with Crippen LogP contribution in [-0.2, 0) is 11.3 Å². The number of nitrogens with one attached hydrogen (secondary N) is 1. The highest BCUT2D eigenvalue weighted by molar-refractivity contribution is 7.99. The van der Waals surface area contributed by atoms with Crippen molar-refractivity contribution < 1.29 is 13.6 Å². The van der Waals surface area contributed by atoms with Crippen molar-refractivity contribution in [1.29, 1.82) is 0 Å². The van der Waals surface area contributed by atoms with Crippen molar-refractivity contribution >= 4 is 23.4 Å². The van der Waals surface area contributed by atoms with Gasteiger partial charge in [0, 0.05) is 11.3 Å². The first kappa shape index (κ1) is 22.6. The fourth-order valence-electron chi connectivity index (χ4n) is 3.72. The highest BCUT2D eigenvalue weighted by Crippen LogP contribution is 2.29. The summed E-state index contributed by atoms with van der Waals surface area (Å²) in [5, 5.41) is 12.0. The average Bonchev–Trinajstić information content (AvgIpc) is 3.54. The molecule has 0 spiro atoms. The van der Waals surface area contributed by atoms with Gasteiger partial charge in [-0.05, 0) is 35.9 Å². The number of hydrogen-bond acceptors (Lipinski definition) is 5. The maximum absolute atomic E-state index is 14.5. The van der Waals surface area contributed by atoms with Gasteiger partial charge >= 0.3 is 0 Å². The minimum Gasteiger partial charge on any atom is -0.467 e. The summed E-state index contributed by atoms with van der Waals surface area (Å²) >= 11 is 1.23. The van der Waals surface area contributed by atoms with Crippen LogP contribution in [0, 0.1) is 5.82 Å². The summed E-state index contributed by atoms with van der Waals surface area (Å²) in [7, 11) is 0. The number of thioether (sulfide) groups is 1. The average molecular weight is 485 g/mol. The Bertz CT molecular complexity index is 1430. The molecular weight excluding hydrogens is 463 g/mol. The topological polar surface area (TPSA) is 73.0 Å². The number of nitrogens with zero attached hydrogens (tertiary/aromatic N) is 3. The van der Waals surface area contributed by atoms with Crippen LogP contribution in [0.2, 0.25) is 0 Å². The predicted octanol–water partition coefficient (Wildman–Crippen LogP) is 6.12. The van der Waals surface area contributed by atoms with Gasteiger partial charge in [0.05, 0.1) is 24.1 Å². The molecule has 0 aliphatic heterocycles. The van der Waals surface area contributed by atoms with Crippen molar-refractivity contribution in [1.82, 2.24) is 14.8 Å². The van der Waals surface area contributed by atoms with Crippen LogP contribution in [0.1, 0.15) is 5.76 Å². The van der Waals surface area contributed by atoms with E-state index in [1.807, 2.05) is 60.7 Å². The van der Waals surface area contributed by atoms with Gasteiger partial charge in [0.1, 0.15) is 11.6 Å². The van der Waals surface area contributed by atoms with Crippen molar-refractivity contribution in [3.63, 3.8) is 0 Å². The molecule has 0 aliphatic rings. The number of anilines is 1. The van der Waals surface area contributed by atoms with Gasteiger partial charge in [0.15, 0.2) is 11.0 Å². The molecule has 8 heteroatoms. The lowest BCUT2D eigenvalue weighted by molar-refractivity contribution is -0.113. The van der Waals surface area contributed by atoms with Gasteiger partial charge < -0.3 is 9.73 Å². The minimum absolute atomic E-state index is 0.108. The van der Waals surface area contributed by atoms with Gasteiger partial charge in [-0.15, -0.1) is 10.2 Å². The van der Waals surface area contributed by atoms with E-state index in [-0.39, 0.29) is 11.7 Å². The zero-order valence-electron chi connectivity index (χ0n) is 18.6. The second-order valence-corrected chi connectivity index (χ2v) is 8.64. The maximum atomic E-state index is 14.5. The normalized spacial score (nSPS) is 10.9. The number of para-hydroxylation sites is 1. The number of halogens is 1. The molecule has 0 radical (unpaired) electrons. The van der Waals surface area contributed by atoms with E-state index >= 15 is 0 Å². The molecule has 0 bridgehead atoms. The Hall–Kier alpha value is -4.17. The molecule has 0 atom stereocenters. The Kier molecular flexibility index (Phi) is 6.72. The van der Waals surface area contributed by atoms with Gasteiger partial charge in [-0.25, -0.2) is 4.39 Å². The summed E-state index contributed by atoms with van der Waals surface area (Å²) in [5.41, 5.74) is 3.02. The molecule has 2 aromatic heterocycles. The zero-order chi connectivity index (χ0) is 24.0. The van der Waals surface area contributed by atoms with Crippen LogP contribution in [0.4, 0.5) is 10.1 Å². The molecule has 6 nitrogen and oxygen atoms in total. The largest absolute Gasteiger partial charge is 0.467 e. The molecule has 0 unspecified atom stereocenters. The summed E-state index contributed by atoms with van der Waals surface area (Å²) in [6.07, 6.45) is 1.58. The minimum atomic E-state index is -0.396. The monoisotopic (exact) mass is 484 g/mol. The maximum Gasteiger partial charge on any atom is 0.234 e. The predicted molar refractivity (Wildman–Crippen MR) is 134 cm³/mol. The standard InChI is InChI=1S/C27H21FN4O2S/c28-23-14-6-4-13-22(23)26-30-31-27(32(26)17-20-11-8-16-34-20)35-18-25(33)29-24-15-7-5-12-21(24)19-9-2-1-3-10-19/h1-16H,17-18H2,(H,29,33). The second-order valence-electron chi connectivity index (χ2n) is 7.70. The third kappa shape index (κ3) is 5.17. The molecule has 5 aromatic rings. The first-order valence-corrected chi connectivity index (χ1v) is 11.9. The summed E-state index contributed by atoms with van der Waals surface area (Å²) < 4.78 is 21.7. The van der Waals surface area contributed by atoms with Crippen molar-refractivity contribution in [3.05, 3.63) is 109 Å². The smallest absolute Gasteiger partial charge is 0.234 e. The molecular formula is C27H21FN4O2S. The first-order valence-electron chi connectivity index (χ1n) is 11.0. The zero-order valence-corrected chi connectivity index (χ0v) is 19.4. The Morgan fingerprint density at radius 1 is 0.886 bits per heavy atom. The number of carbonyl (C=O) groups is 1. The number of carbonyl (C=O) groups excluding carboxylic acids is 1. The molecule has 0 aliphatic carbocycles. The Labute approximate surface area is 205 Å². The number of aromatic nitrogens is 3. The Morgan fingerprint density at radius 2 is 1.63 bits per heavy atom. The Balaban J connectivity index is 1.36. The second kappa shape index (κ2) is 10.4. The number of hydrogen-bond donors (Lipinski definition) is 1. The number of furan rings is 1. The van der Waals surface area contributed by atoms with Gasteiger partial charge in [-0.3, -0.25) is 9.36 Å². The molecule has 0 saturated carbocycles. The highest BCUT2D eigenvalue weighted by Gasteiger charge is 2.19. The van der Waals surface area contributed by atoms with Crippen LogP contribution >= 0.6 is 11.8 Å². The quantitative estimate of drug-likeness (QED) is 0.269. The van der Waals surface area contributed by atoms with E-state index in [0.717, 1.165) is 16.8 Å². The van der Waals surface area contributed by atoms with Crippen LogP contribution in [0.25, 0.3) is 22.5 Å². The lowest BCUT2D eigenvalue weighted by atomic mass is 10.0. The molecule has 2 heterocycles. The van der Waals surface area contributed by atoms with E-state index in [0.29, 0.717) is 28.8 Å². The van der Waals surface area contributed by atoms with Gasteiger partial charge in [0.2, 0.25) is 5.91 Å². The third-order valence-electron chi connectivity index (χ3n) is 5.34. The van der Waals surface area contributed by atoms with Gasteiger partial charge in [-0.1, -0.05) is 72.4 Å². The van der Waals surface area contributed by atoms with Crippen LogP contribution in [0.15, 0.2) is 107 Å². The van der Waals surface area contributed by atoms with Crippen molar-refractivity contribution in [2.24, 2.45) is 0 Å². The number of amides is 1. The van der Waals surface area contributed by atoms with E-state index in [4.69, 9.17) is 4.42 Å². The lowest BCUT2D eigenvalue weighted by Gasteiger charge is -2.12. The van der Waals surface area contributed by atoms with E-state index in [2.05, 4.69) is 15.5 Å². The molecule has 174 valence electrons. The molecule has 0 saturated heterocycles. The summed E-state index contributed by atoms with van der Waals surface area (Å²) in [6.45, 7) is 0.310. The van der Waals surface area contributed by atoms with Gasteiger partial charge in [0.25, 0.3) is 0 Å². The fraction of sp³-hybridized carbons (Fsp3) is 0.0741. The van der Waals surface area contributed by atoms with E-state index in [1.54, 1.807) is 35.1 Å². The molecule has 1 amide bonds. The molecule has 0 fully saturated rings. The molecule has 5 rings (SSSR count). The molecule has 35 heavy (non-hydrogen) atoms. The number of rotatable bonds is 8. The summed E-state index contributed by atoms with van der Waals surface area (Å²) in [4.78, 5) is 12.9. The van der Waals surface area contributed by atoms with Gasteiger partial charge in [-0.2, -0.15) is 0 Å². The van der Waals surface area contributed by atoms with E-state index in [1.165, 1.54) is 17.8 Å². The third-order valence-corrected chi connectivity index (χ3v) is 6.31. The van der Waals surface area contributed by atoms with Crippen LogP contribution in [0.5, 0.6) is 0 Å². The SMILES string of the molecule is O=C(CSc1nnc(-c2ccccc2F)n1Cc1ccco1)Nc1ccccc1-c1ccccc1. The fourth-order valence-corrected chi connectivity index (χ4v) is 4.45. The van der Waals surface area contributed by atoms with Crippen LogP contribution < -0.4 is 5.32 Å². The lowest BCUT2D eigenvalue weighted by Crippen LogP contribution is -2.15.